The Kier molecular flexibility index (Phi) is 2.60. The molecule has 0 spiro atoms. The van der Waals surface area contributed by atoms with Gasteiger partial charge in [-0.3, -0.25) is 0 Å². The molecule has 0 saturated carbocycles. The molecule has 0 aliphatic carbocycles. The van der Waals surface area contributed by atoms with E-state index in [-0.39, 0.29) is 0 Å². The van der Waals surface area contributed by atoms with Crippen molar-refractivity contribution in [1.82, 2.24) is 24.3 Å². The minimum atomic E-state index is 0.304. The van der Waals surface area contributed by atoms with Crippen molar-refractivity contribution in [2.24, 2.45) is 0 Å². The maximum absolute atomic E-state index is 5.73. The molecule has 0 amide bonds. The first kappa shape index (κ1) is 11.5. The minimum Gasteiger partial charge on any atom is -0.383 e. The van der Waals surface area contributed by atoms with Gasteiger partial charge in [0.15, 0.2) is 10.8 Å². The number of imidazole rings is 1. The smallest absolute Gasteiger partial charge is 0.197 e. The van der Waals surface area contributed by atoms with Gasteiger partial charge in [0.2, 0.25) is 0 Å². The van der Waals surface area contributed by atoms with Crippen molar-refractivity contribution in [1.29, 1.82) is 0 Å². The lowest BCUT2D eigenvalue weighted by atomic mass is 10.5. The molecule has 19 heavy (non-hydrogen) atoms. The van der Waals surface area contributed by atoms with Crippen molar-refractivity contribution in [3.8, 4) is 0 Å². The van der Waals surface area contributed by atoms with Crippen LogP contribution in [0.3, 0.4) is 0 Å². The fourth-order valence-electron chi connectivity index (χ4n) is 1.58. The van der Waals surface area contributed by atoms with Crippen LogP contribution >= 0.6 is 11.8 Å². The van der Waals surface area contributed by atoms with Crippen LogP contribution in [-0.2, 0) is 0 Å². The van der Waals surface area contributed by atoms with Crippen LogP contribution in [0.25, 0.3) is 5.65 Å². The van der Waals surface area contributed by atoms with E-state index in [2.05, 4.69) is 19.9 Å². The van der Waals surface area contributed by atoms with Crippen molar-refractivity contribution >= 4 is 34.9 Å². The summed E-state index contributed by atoms with van der Waals surface area (Å²) in [5, 5.41) is 0.996. The average molecular weight is 274 g/mol. The van der Waals surface area contributed by atoms with Crippen molar-refractivity contribution in [3.05, 3.63) is 24.7 Å². The Morgan fingerprint density at radius 2 is 1.74 bits per heavy atom. The molecule has 0 unspecified atom stereocenters. The van der Waals surface area contributed by atoms with E-state index in [1.807, 2.05) is 0 Å². The third kappa shape index (κ3) is 2.22. The van der Waals surface area contributed by atoms with Crippen molar-refractivity contribution < 1.29 is 0 Å². The van der Waals surface area contributed by atoms with Crippen LogP contribution in [0.2, 0.25) is 0 Å². The van der Waals surface area contributed by atoms with Gasteiger partial charge in [0.1, 0.15) is 22.5 Å². The van der Waals surface area contributed by atoms with E-state index in [9.17, 15) is 0 Å². The van der Waals surface area contributed by atoms with Gasteiger partial charge in [-0.25, -0.2) is 19.9 Å². The fraction of sp³-hybridized carbons (Fsp3) is 0. The summed E-state index contributed by atoms with van der Waals surface area (Å²) in [6, 6.07) is 1.49. The minimum absolute atomic E-state index is 0.304. The van der Waals surface area contributed by atoms with Gasteiger partial charge in [0, 0.05) is 18.5 Å². The molecule has 0 aliphatic rings. The van der Waals surface area contributed by atoms with Crippen LogP contribution in [0.1, 0.15) is 0 Å². The molecule has 3 aromatic heterocycles. The number of hydrogen-bond donors (Lipinski definition) is 3. The number of fused-ring (bicyclic) bond motifs is 1. The Balaban J connectivity index is 2.07. The lowest BCUT2D eigenvalue weighted by molar-refractivity contribution is 0.971. The molecule has 0 aliphatic heterocycles. The zero-order valence-electron chi connectivity index (χ0n) is 9.69. The summed E-state index contributed by atoms with van der Waals surface area (Å²) in [6.07, 6.45) is 5.13. The van der Waals surface area contributed by atoms with Crippen LogP contribution in [0.15, 0.2) is 34.8 Å². The van der Waals surface area contributed by atoms with Crippen LogP contribution in [0.4, 0.5) is 17.5 Å². The van der Waals surface area contributed by atoms with Gasteiger partial charge in [0.05, 0.1) is 6.20 Å². The van der Waals surface area contributed by atoms with Crippen molar-refractivity contribution in [2.45, 2.75) is 10.2 Å². The lowest BCUT2D eigenvalue weighted by Gasteiger charge is -2.04. The standard InChI is InChI=1S/C10H10N8S/c11-5-3-6(12)17-10(16-5)19-9-8-14-1-2-18(8)4-7(13)15-9/h1-4H,13H2,(H4,11,12,16,17). The molecule has 0 bridgehead atoms. The first-order valence-electron chi connectivity index (χ1n) is 5.29. The quantitative estimate of drug-likeness (QED) is 0.572. The maximum Gasteiger partial charge on any atom is 0.197 e. The molecular weight excluding hydrogens is 264 g/mol. The van der Waals surface area contributed by atoms with Crippen molar-refractivity contribution in [3.63, 3.8) is 0 Å². The van der Waals surface area contributed by atoms with Gasteiger partial charge < -0.3 is 21.6 Å². The van der Waals surface area contributed by atoms with E-state index in [1.165, 1.54) is 17.8 Å². The molecule has 0 atom stereocenters. The van der Waals surface area contributed by atoms with E-state index in [1.54, 1.807) is 23.0 Å². The summed E-state index contributed by atoms with van der Waals surface area (Å²) in [4.78, 5) is 16.6. The summed E-state index contributed by atoms with van der Waals surface area (Å²) in [5.41, 5.74) is 17.7. The largest absolute Gasteiger partial charge is 0.383 e. The van der Waals surface area contributed by atoms with E-state index in [4.69, 9.17) is 17.2 Å². The normalized spacial score (nSPS) is 10.9. The molecule has 8 nitrogen and oxygen atoms in total. The fourth-order valence-corrected chi connectivity index (χ4v) is 2.46. The van der Waals surface area contributed by atoms with Gasteiger partial charge in [0.25, 0.3) is 0 Å². The Labute approximate surface area is 112 Å². The predicted molar refractivity (Wildman–Crippen MR) is 72.4 cm³/mol. The molecule has 6 N–H and O–H groups in total. The van der Waals surface area contributed by atoms with Crippen molar-refractivity contribution in [2.75, 3.05) is 17.2 Å². The highest BCUT2D eigenvalue weighted by Gasteiger charge is 2.11. The average Bonchev–Trinajstić information content (AvgIpc) is 2.75. The van der Waals surface area contributed by atoms with Crippen LogP contribution in [-0.4, -0.2) is 24.3 Å². The molecule has 3 rings (SSSR count). The third-order valence-corrected chi connectivity index (χ3v) is 3.13. The molecule has 0 radical (unpaired) electrons. The Hall–Kier alpha value is -2.55. The molecular formula is C10H10N8S. The van der Waals surface area contributed by atoms with Crippen LogP contribution < -0.4 is 17.2 Å². The monoisotopic (exact) mass is 274 g/mol. The van der Waals surface area contributed by atoms with Gasteiger partial charge in [-0.1, -0.05) is 0 Å². The zero-order valence-corrected chi connectivity index (χ0v) is 10.5. The Morgan fingerprint density at radius 3 is 2.47 bits per heavy atom. The van der Waals surface area contributed by atoms with E-state index in [0.717, 1.165) is 0 Å². The Bertz CT molecular complexity index is 732. The van der Waals surface area contributed by atoms with Gasteiger partial charge in [-0.2, -0.15) is 0 Å². The number of nitrogens with two attached hydrogens (primary N) is 3. The molecule has 3 aromatic rings. The second-order valence-corrected chi connectivity index (χ2v) is 4.69. The zero-order chi connectivity index (χ0) is 13.4. The number of aromatic nitrogens is 5. The second kappa shape index (κ2) is 4.28. The molecule has 9 heteroatoms. The maximum atomic E-state index is 5.73. The molecule has 0 fully saturated rings. The van der Waals surface area contributed by atoms with Gasteiger partial charge >= 0.3 is 0 Å². The van der Waals surface area contributed by atoms with Crippen LogP contribution in [0, 0.1) is 0 Å². The summed E-state index contributed by atoms with van der Waals surface area (Å²) in [6.45, 7) is 0. The number of hydrogen-bond acceptors (Lipinski definition) is 8. The Morgan fingerprint density at radius 1 is 1.00 bits per heavy atom. The van der Waals surface area contributed by atoms with Gasteiger partial charge in [-0.05, 0) is 11.8 Å². The molecule has 0 saturated heterocycles. The topological polar surface area (TPSA) is 134 Å². The lowest BCUT2D eigenvalue weighted by Crippen LogP contribution is -2.01. The first-order valence-corrected chi connectivity index (χ1v) is 6.10. The highest BCUT2D eigenvalue weighted by Crippen LogP contribution is 2.27. The van der Waals surface area contributed by atoms with E-state index < -0.39 is 0 Å². The van der Waals surface area contributed by atoms with E-state index >= 15 is 0 Å². The van der Waals surface area contributed by atoms with Gasteiger partial charge in [-0.15, -0.1) is 0 Å². The highest BCUT2D eigenvalue weighted by molar-refractivity contribution is 7.99. The summed E-state index contributed by atoms with van der Waals surface area (Å²) in [5.74, 6) is 0.987. The van der Waals surface area contributed by atoms with E-state index in [0.29, 0.717) is 33.3 Å². The number of rotatable bonds is 2. The first-order chi connectivity index (χ1) is 9.11. The summed E-state index contributed by atoms with van der Waals surface area (Å²) >= 11 is 1.21. The number of anilines is 3. The summed E-state index contributed by atoms with van der Waals surface area (Å²) < 4.78 is 1.78. The third-order valence-electron chi connectivity index (χ3n) is 2.30. The molecule has 96 valence electrons. The number of nitrogens with zero attached hydrogens (tertiary/aromatic N) is 5. The SMILES string of the molecule is Nc1cc(N)nc(Sc2nc(N)cn3ccnc23)n1. The number of nitrogen functional groups attached to an aromatic ring is 3. The summed E-state index contributed by atoms with van der Waals surface area (Å²) in [7, 11) is 0. The molecule has 0 aromatic carbocycles. The highest BCUT2D eigenvalue weighted by atomic mass is 32.2. The second-order valence-electron chi connectivity index (χ2n) is 3.73. The molecule has 3 heterocycles. The predicted octanol–water partition coefficient (Wildman–Crippen LogP) is 0.417. The van der Waals surface area contributed by atoms with Crippen LogP contribution in [0.5, 0.6) is 0 Å².